The molecule has 0 spiro atoms. The van der Waals surface area contributed by atoms with E-state index in [9.17, 15) is 5.26 Å². The summed E-state index contributed by atoms with van der Waals surface area (Å²) in [6, 6.07) is 8.15. The smallest absolute Gasteiger partial charge is 0.231 e. The monoisotopic (exact) mass is 260 g/mol. The lowest BCUT2D eigenvalue weighted by atomic mass is 10.0. The first-order valence-corrected chi connectivity index (χ1v) is 6.47. The van der Waals surface area contributed by atoms with Crippen LogP contribution in [0, 0.1) is 11.3 Å². The molecular weight excluding hydrogens is 244 g/mol. The predicted molar refractivity (Wildman–Crippen MR) is 68.1 cm³/mol. The van der Waals surface area contributed by atoms with Gasteiger partial charge in [0.05, 0.1) is 19.3 Å². The molecule has 100 valence electrons. The standard InChI is InChI=1S/C14H16N2O3/c15-9-12(16-3-5-17-6-4-16)7-11-1-2-13-14(8-11)19-10-18-13/h1-2,8,12H,3-7,10H2. The van der Waals surface area contributed by atoms with Crippen molar-refractivity contribution in [1.82, 2.24) is 4.90 Å². The van der Waals surface area contributed by atoms with E-state index in [1.54, 1.807) is 0 Å². The molecule has 2 heterocycles. The quantitative estimate of drug-likeness (QED) is 0.817. The molecule has 1 aromatic carbocycles. The largest absolute Gasteiger partial charge is 0.454 e. The minimum Gasteiger partial charge on any atom is -0.454 e. The van der Waals surface area contributed by atoms with Gasteiger partial charge >= 0.3 is 0 Å². The Morgan fingerprint density at radius 3 is 2.79 bits per heavy atom. The summed E-state index contributed by atoms with van der Waals surface area (Å²) in [7, 11) is 0. The first-order valence-electron chi connectivity index (χ1n) is 6.47. The zero-order valence-corrected chi connectivity index (χ0v) is 10.7. The molecule has 1 unspecified atom stereocenters. The van der Waals surface area contributed by atoms with Crippen LogP contribution >= 0.6 is 0 Å². The molecule has 1 aromatic rings. The van der Waals surface area contributed by atoms with E-state index >= 15 is 0 Å². The summed E-state index contributed by atoms with van der Waals surface area (Å²) in [5, 5.41) is 9.34. The normalized spacial score (nSPS) is 19.9. The topological polar surface area (TPSA) is 54.7 Å². The van der Waals surface area contributed by atoms with Crippen LogP contribution in [0.4, 0.5) is 0 Å². The second-order valence-corrected chi connectivity index (χ2v) is 4.68. The highest BCUT2D eigenvalue weighted by Crippen LogP contribution is 2.33. The number of nitrogens with zero attached hydrogens (tertiary/aromatic N) is 2. The Hall–Kier alpha value is -1.77. The number of benzene rings is 1. The second-order valence-electron chi connectivity index (χ2n) is 4.68. The SMILES string of the molecule is N#CC(Cc1ccc2c(c1)OCO2)N1CCOCC1. The van der Waals surface area contributed by atoms with Crippen molar-refractivity contribution in [3.8, 4) is 17.6 Å². The average Bonchev–Trinajstić information content (AvgIpc) is 2.93. The zero-order valence-electron chi connectivity index (χ0n) is 10.7. The molecule has 0 aliphatic carbocycles. The molecule has 5 heteroatoms. The highest BCUT2D eigenvalue weighted by Gasteiger charge is 2.22. The van der Waals surface area contributed by atoms with E-state index in [0.29, 0.717) is 19.6 Å². The van der Waals surface area contributed by atoms with E-state index in [0.717, 1.165) is 30.2 Å². The molecule has 19 heavy (non-hydrogen) atoms. The van der Waals surface area contributed by atoms with Gasteiger partial charge in [-0.1, -0.05) is 6.07 Å². The molecule has 0 amide bonds. The van der Waals surface area contributed by atoms with Crippen LogP contribution in [-0.2, 0) is 11.2 Å². The fraction of sp³-hybridized carbons (Fsp3) is 0.500. The lowest BCUT2D eigenvalue weighted by Gasteiger charge is -2.30. The van der Waals surface area contributed by atoms with Crippen molar-refractivity contribution >= 4 is 0 Å². The number of ether oxygens (including phenoxy) is 3. The Morgan fingerprint density at radius 1 is 1.21 bits per heavy atom. The van der Waals surface area contributed by atoms with Gasteiger partial charge in [-0.15, -0.1) is 0 Å². The van der Waals surface area contributed by atoms with Gasteiger partial charge in [-0.05, 0) is 17.7 Å². The van der Waals surface area contributed by atoms with E-state index in [4.69, 9.17) is 14.2 Å². The van der Waals surface area contributed by atoms with Gasteiger partial charge in [0.15, 0.2) is 11.5 Å². The summed E-state index contributed by atoms with van der Waals surface area (Å²) < 4.78 is 16.0. The molecule has 2 aliphatic heterocycles. The maximum absolute atomic E-state index is 9.34. The predicted octanol–water partition coefficient (Wildman–Crippen LogP) is 1.18. The lowest BCUT2D eigenvalue weighted by molar-refractivity contribution is 0.0270. The summed E-state index contributed by atoms with van der Waals surface area (Å²) in [5.41, 5.74) is 1.10. The summed E-state index contributed by atoms with van der Waals surface area (Å²) in [4.78, 5) is 2.17. The van der Waals surface area contributed by atoms with Gasteiger partial charge in [-0.2, -0.15) is 5.26 Å². The number of nitriles is 1. The molecule has 2 aliphatic rings. The Bertz CT molecular complexity index is 492. The minimum atomic E-state index is -0.107. The van der Waals surface area contributed by atoms with E-state index < -0.39 is 0 Å². The van der Waals surface area contributed by atoms with Gasteiger partial charge in [0, 0.05) is 19.5 Å². The van der Waals surface area contributed by atoms with Crippen LogP contribution in [0.1, 0.15) is 5.56 Å². The Kier molecular flexibility index (Phi) is 3.53. The van der Waals surface area contributed by atoms with Crippen LogP contribution in [0.2, 0.25) is 0 Å². The first kappa shape index (κ1) is 12.3. The molecule has 5 nitrogen and oxygen atoms in total. The maximum Gasteiger partial charge on any atom is 0.231 e. The number of morpholine rings is 1. The number of fused-ring (bicyclic) bond motifs is 1. The zero-order chi connectivity index (χ0) is 13.1. The van der Waals surface area contributed by atoms with Crippen molar-refractivity contribution in [2.45, 2.75) is 12.5 Å². The molecule has 1 fully saturated rings. The van der Waals surface area contributed by atoms with Crippen LogP contribution < -0.4 is 9.47 Å². The highest BCUT2D eigenvalue weighted by atomic mass is 16.7. The Morgan fingerprint density at radius 2 is 2.00 bits per heavy atom. The molecule has 0 saturated carbocycles. The fourth-order valence-electron chi connectivity index (χ4n) is 2.44. The minimum absolute atomic E-state index is 0.107. The number of hydrogen-bond donors (Lipinski definition) is 0. The second kappa shape index (κ2) is 5.47. The van der Waals surface area contributed by atoms with Crippen LogP contribution in [0.3, 0.4) is 0 Å². The molecule has 0 aromatic heterocycles. The van der Waals surface area contributed by atoms with Gasteiger partial charge in [0.2, 0.25) is 6.79 Å². The first-order chi connectivity index (χ1) is 9.36. The van der Waals surface area contributed by atoms with Crippen molar-refractivity contribution in [3.63, 3.8) is 0 Å². The third kappa shape index (κ3) is 2.65. The van der Waals surface area contributed by atoms with Crippen LogP contribution in [0.5, 0.6) is 11.5 Å². The molecule has 3 rings (SSSR count). The van der Waals surface area contributed by atoms with Crippen molar-refractivity contribution in [2.75, 3.05) is 33.1 Å². The van der Waals surface area contributed by atoms with Crippen LogP contribution in [0.25, 0.3) is 0 Å². The summed E-state index contributed by atoms with van der Waals surface area (Å²) in [6.45, 7) is 3.34. The third-order valence-corrected chi connectivity index (χ3v) is 3.50. The number of rotatable bonds is 3. The van der Waals surface area contributed by atoms with Gasteiger partial charge < -0.3 is 14.2 Å². The van der Waals surface area contributed by atoms with E-state index in [1.807, 2.05) is 18.2 Å². The van der Waals surface area contributed by atoms with Crippen LogP contribution in [-0.4, -0.2) is 44.0 Å². The van der Waals surface area contributed by atoms with Gasteiger partial charge in [-0.3, -0.25) is 4.90 Å². The van der Waals surface area contributed by atoms with Crippen molar-refractivity contribution in [2.24, 2.45) is 0 Å². The lowest BCUT2D eigenvalue weighted by Crippen LogP contribution is -2.43. The molecule has 0 radical (unpaired) electrons. The highest BCUT2D eigenvalue weighted by molar-refractivity contribution is 5.44. The Labute approximate surface area is 112 Å². The molecule has 0 bridgehead atoms. The maximum atomic E-state index is 9.34. The molecule has 1 saturated heterocycles. The van der Waals surface area contributed by atoms with E-state index in [2.05, 4.69) is 11.0 Å². The molecular formula is C14H16N2O3. The molecule has 0 N–H and O–H groups in total. The van der Waals surface area contributed by atoms with Gasteiger partial charge in [0.1, 0.15) is 6.04 Å². The van der Waals surface area contributed by atoms with Crippen molar-refractivity contribution in [1.29, 1.82) is 5.26 Å². The Balaban J connectivity index is 1.70. The van der Waals surface area contributed by atoms with Crippen molar-refractivity contribution in [3.05, 3.63) is 23.8 Å². The van der Waals surface area contributed by atoms with Gasteiger partial charge in [-0.25, -0.2) is 0 Å². The third-order valence-electron chi connectivity index (χ3n) is 3.50. The number of hydrogen-bond acceptors (Lipinski definition) is 5. The summed E-state index contributed by atoms with van der Waals surface area (Å²) >= 11 is 0. The van der Waals surface area contributed by atoms with Crippen molar-refractivity contribution < 1.29 is 14.2 Å². The summed E-state index contributed by atoms with van der Waals surface area (Å²) in [5.74, 6) is 1.56. The van der Waals surface area contributed by atoms with E-state index in [-0.39, 0.29) is 12.8 Å². The van der Waals surface area contributed by atoms with E-state index in [1.165, 1.54) is 0 Å². The average molecular weight is 260 g/mol. The summed E-state index contributed by atoms with van der Waals surface area (Å²) in [6.07, 6.45) is 0.702. The van der Waals surface area contributed by atoms with Gasteiger partial charge in [0.25, 0.3) is 0 Å². The fourth-order valence-corrected chi connectivity index (χ4v) is 2.44. The molecule has 1 atom stereocenters. The van der Waals surface area contributed by atoms with Crippen LogP contribution in [0.15, 0.2) is 18.2 Å².